The summed E-state index contributed by atoms with van der Waals surface area (Å²) in [6.07, 6.45) is 0. The summed E-state index contributed by atoms with van der Waals surface area (Å²) in [6, 6.07) is 8.68. The van der Waals surface area contributed by atoms with Crippen LogP contribution in [-0.2, 0) is 6.54 Å². The number of rotatable bonds is 2. The van der Waals surface area contributed by atoms with Gasteiger partial charge in [-0.25, -0.2) is 0 Å². The first-order valence-electron chi connectivity index (χ1n) is 5.49. The van der Waals surface area contributed by atoms with Crippen LogP contribution in [0.3, 0.4) is 0 Å². The zero-order chi connectivity index (χ0) is 11.0. The van der Waals surface area contributed by atoms with Gasteiger partial charge in [-0.2, -0.15) is 0 Å². The molecule has 0 bridgehead atoms. The van der Waals surface area contributed by atoms with Crippen molar-refractivity contribution >= 4 is 10.9 Å². The van der Waals surface area contributed by atoms with Crippen LogP contribution in [0.4, 0.5) is 0 Å². The molecule has 15 heavy (non-hydrogen) atoms. The molecule has 0 aliphatic carbocycles. The third kappa shape index (κ3) is 1.55. The molecule has 0 aliphatic rings. The van der Waals surface area contributed by atoms with Crippen molar-refractivity contribution in [1.82, 2.24) is 4.57 Å². The molecule has 1 heterocycles. The second kappa shape index (κ2) is 3.70. The number of benzene rings is 1. The van der Waals surface area contributed by atoms with Crippen molar-refractivity contribution in [2.75, 3.05) is 0 Å². The van der Waals surface area contributed by atoms with Crippen LogP contribution in [-0.4, -0.2) is 4.57 Å². The highest BCUT2D eigenvalue weighted by atomic mass is 15.0. The third-order valence-corrected chi connectivity index (χ3v) is 2.97. The van der Waals surface area contributed by atoms with E-state index < -0.39 is 0 Å². The Morgan fingerprint density at radius 3 is 2.73 bits per heavy atom. The Balaban J connectivity index is 2.81. The summed E-state index contributed by atoms with van der Waals surface area (Å²) in [4.78, 5) is 0. The Morgan fingerprint density at radius 2 is 2.13 bits per heavy atom. The van der Waals surface area contributed by atoms with Crippen molar-refractivity contribution in [3.05, 3.63) is 35.5 Å². The van der Waals surface area contributed by atoms with Crippen molar-refractivity contribution in [3.63, 3.8) is 0 Å². The molecule has 0 saturated heterocycles. The summed E-state index contributed by atoms with van der Waals surface area (Å²) < 4.78 is 2.33. The van der Waals surface area contributed by atoms with Gasteiger partial charge in [0.15, 0.2) is 0 Å². The number of nitrogens with two attached hydrogens (primary N) is 1. The summed E-state index contributed by atoms with van der Waals surface area (Å²) in [6.45, 7) is 7.36. The van der Waals surface area contributed by atoms with E-state index in [0.29, 0.717) is 0 Å². The van der Waals surface area contributed by atoms with E-state index in [0.717, 1.165) is 6.54 Å². The van der Waals surface area contributed by atoms with Gasteiger partial charge in [-0.1, -0.05) is 18.2 Å². The van der Waals surface area contributed by atoms with Crippen LogP contribution in [0.2, 0.25) is 0 Å². The van der Waals surface area contributed by atoms with E-state index in [-0.39, 0.29) is 6.04 Å². The van der Waals surface area contributed by atoms with Gasteiger partial charge in [0.25, 0.3) is 0 Å². The Kier molecular flexibility index (Phi) is 2.53. The highest BCUT2D eigenvalue weighted by Gasteiger charge is 2.10. The first-order valence-corrected chi connectivity index (χ1v) is 5.49. The zero-order valence-corrected chi connectivity index (χ0v) is 9.62. The lowest BCUT2D eigenvalue weighted by Gasteiger charge is -2.11. The van der Waals surface area contributed by atoms with Crippen LogP contribution in [0.5, 0.6) is 0 Å². The van der Waals surface area contributed by atoms with Crippen LogP contribution in [0.25, 0.3) is 10.9 Å². The highest BCUT2D eigenvalue weighted by molar-refractivity contribution is 5.84. The second-order valence-corrected chi connectivity index (χ2v) is 4.10. The van der Waals surface area contributed by atoms with Crippen molar-refractivity contribution < 1.29 is 0 Å². The van der Waals surface area contributed by atoms with E-state index in [1.165, 1.54) is 22.2 Å². The Morgan fingerprint density at radius 1 is 1.40 bits per heavy atom. The maximum atomic E-state index is 6.00. The molecule has 2 heteroatoms. The number of hydrogen-bond donors (Lipinski definition) is 1. The first kappa shape index (κ1) is 10.2. The molecule has 1 unspecified atom stereocenters. The normalized spacial score (nSPS) is 13.3. The highest BCUT2D eigenvalue weighted by Crippen LogP contribution is 2.26. The van der Waals surface area contributed by atoms with Gasteiger partial charge in [0.05, 0.1) is 5.52 Å². The third-order valence-electron chi connectivity index (χ3n) is 2.97. The van der Waals surface area contributed by atoms with E-state index in [9.17, 15) is 0 Å². The molecule has 1 atom stereocenters. The van der Waals surface area contributed by atoms with Crippen molar-refractivity contribution in [3.8, 4) is 0 Å². The molecule has 0 radical (unpaired) electrons. The van der Waals surface area contributed by atoms with Gasteiger partial charge in [0.1, 0.15) is 0 Å². The fraction of sp³-hybridized carbons (Fsp3) is 0.385. The molecule has 2 nitrogen and oxygen atoms in total. The minimum absolute atomic E-state index is 0.0910. The zero-order valence-electron chi connectivity index (χ0n) is 9.62. The fourth-order valence-corrected chi connectivity index (χ4v) is 2.26. The van der Waals surface area contributed by atoms with Gasteiger partial charge in [-0.3, -0.25) is 0 Å². The first-order chi connectivity index (χ1) is 7.15. The summed E-state index contributed by atoms with van der Waals surface area (Å²) in [5, 5.41) is 1.30. The van der Waals surface area contributed by atoms with E-state index in [4.69, 9.17) is 5.73 Å². The second-order valence-electron chi connectivity index (χ2n) is 4.10. The maximum absolute atomic E-state index is 6.00. The van der Waals surface area contributed by atoms with Crippen LogP contribution in [0.1, 0.15) is 31.1 Å². The lowest BCUT2D eigenvalue weighted by atomic mass is 10.1. The predicted octanol–water partition coefficient (Wildman–Crippen LogP) is 2.99. The van der Waals surface area contributed by atoms with Gasteiger partial charge in [0, 0.05) is 23.7 Å². The number of fused-ring (bicyclic) bond motifs is 1. The van der Waals surface area contributed by atoms with Crippen LogP contribution < -0.4 is 5.73 Å². The Bertz CT molecular complexity index is 480. The monoisotopic (exact) mass is 202 g/mol. The predicted molar refractivity (Wildman–Crippen MR) is 65.0 cm³/mol. The van der Waals surface area contributed by atoms with Gasteiger partial charge >= 0.3 is 0 Å². The average Bonchev–Trinajstić information content (AvgIpc) is 2.52. The minimum atomic E-state index is 0.0910. The molecular formula is C13H18N2. The lowest BCUT2D eigenvalue weighted by Crippen LogP contribution is -2.08. The summed E-state index contributed by atoms with van der Waals surface area (Å²) in [7, 11) is 0. The van der Waals surface area contributed by atoms with Crippen molar-refractivity contribution in [2.24, 2.45) is 5.73 Å². The van der Waals surface area contributed by atoms with Gasteiger partial charge < -0.3 is 10.3 Å². The number of para-hydroxylation sites is 1. The van der Waals surface area contributed by atoms with E-state index >= 15 is 0 Å². The van der Waals surface area contributed by atoms with E-state index in [2.05, 4.69) is 42.7 Å². The molecule has 0 saturated carbocycles. The maximum Gasteiger partial charge on any atom is 0.0530 e. The molecule has 2 aromatic rings. The van der Waals surface area contributed by atoms with Gasteiger partial charge in [-0.15, -0.1) is 0 Å². The molecule has 0 spiro atoms. The molecule has 0 aliphatic heterocycles. The van der Waals surface area contributed by atoms with Crippen LogP contribution in [0.15, 0.2) is 24.3 Å². The molecule has 1 aromatic heterocycles. The number of aryl methyl sites for hydroxylation is 2. The minimum Gasteiger partial charge on any atom is -0.345 e. The van der Waals surface area contributed by atoms with Crippen molar-refractivity contribution in [2.45, 2.75) is 33.4 Å². The molecule has 2 N–H and O–H groups in total. The van der Waals surface area contributed by atoms with Gasteiger partial charge in [-0.05, 0) is 32.4 Å². The van der Waals surface area contributed by atoms with E-state index in [1.54, 1.807) is 0 Å². The molecule has 80 valence electrons. The molecule has 2 rings (SSSR count). The lowest BCUT2D eigenvalue weighted by molar-refractivity contribution is 0.751. The van der Waals surface area contributed by atoms with Crippen LogP contribution >= 0.6 is 0 Å². The van der Waals surface area contributed by atoms with Crippen molar-refractivity contribution in [1.29, 1.82) is 0 Å². The summed E-state index contributed by atoms with van der Waals surface area (Å²) >= 11 is 0. The molecule has 1 aromatic carbocycles. The van der Waals surface area contributed by atoms with Gasteiger partial charge in [0.2, 0.25) is 0 Å². The van der Waals surface area contributed by atoms with Crippen LogP contribution in [0, 0.1) is 6.92 Å². The molecule has 0 fully saturated rings. The number of aromatic nitrogens is 1. The standard InChI is InChI=1S/C13H18N2/c1-4-15-9(2)8-11-6-5-7-12(10(3)14)13(11)15/h5-8,10H,4,14H2,1-3H3. The van der Waals surface area contributed by atoms with E-state index in [1.807, 2.05) is 6.92 Å². The summed E-state index contributed by atoms with van der Waals surface area (Å²) in [5.74, 6) is 0. The fourth-order valence-electron chi connectivity index (χ4n) is 2.26. The quantitative estimate of drug-likeness (QED) is 0.797. The Hall–Kier alpha value is -1.28. The number of nitrogens with zero attached hydrogens (tertiary/aromatic N) is 1. The topological polar surface area (TPSA) is 30.9 Å². The average molecular weight is 202 g/mol. The Labute approximate surface area is 90.7 Å². The molecule has 0 amide bonds. The SMILES string of the molecule is CCn1c(C)cc2cccc(C(C)N)c21. The molecular weight excluding hydrogens is 184 g/mol. The summed E-state index contributed by atoms with van der Waals surface area (Å²) in [5.41, 5.74) is 9.84. The smallest absolute Gasteiger partial charge is 0.0530 e. The largest absolute Gasteiger partial charge is 0.345 e. The number of hydrogen-bond acceptors (Lipinski definition) is 1.